The molecule has 5 nitrogen and oxygen atoms in total. The maximum Gasteiger partial charge on any atom is 0.193 e. The third-order valence-corrected chi connectivity index (χ3v) is 2.39. The predicted molar refractivity (Wildman–Crippen MR) is 68.1 cm³/mol. The van der Waals surface area contributed by atoms with E-state index in [2.05, 4.69) is 10.3 Å². The summed E-state index contributed by atoms with van der Waals surface area (Å²) < 4.78 is 23.0. The number of benzene rings is 1. The molecule has 0 unspecified atom stereocenters. The Morgan fingerprint density at radius 3 is 2.89 bits per heavy atom. The molecule has 0 spiro atoms. The van der Waals surface area contributed by atoms with E-state index in [1.54, 1.807) is 6.07 Å². The van der Waals surface area contributed by atoms with Gasteiger partial charge < -0.3 is 20.5 Å². The van der Waals surface area contributed by atoms with Crippen molar-refractivity contribution < 1.29 is 13.9 Å². The van der Waals surface area contributed by atoms with Crippen molar-refractivity contribution in [3.05, 3.63) is 18.2 Å². The van der Waals surface area contributed by atoms with Gasteiger partial charge in [0.1, 0.15) is 6.67 Å². The Hall–Kier alpha value is -1.98. The number of fused-ring (bicyclic) bond motifs is 1. The number of nitrogens with zero attached hydrogens (tertiary/aromatic N) is 1. The van der Waals surface area contributed by atoms with Crippen molar-refractivity contribution in [2.24, 2.45) is 10.7 Å². The third kappa shape index (κ3) is 3.26. The molecule has 18 heavy (non-hydrogen) atoms. The van der Waals surface area contributed by atoms with Crippen LogP contribution in [0.4, 0.5) is 10.1 Å². The largest absolute Gasteiger partial charge is 0.490 e. The molecule has 0 saturated carbocycles. The highest BCUT2D eigenvalue weighted by Gasteiger charge is 2.10. The van der Waals surface area contributed by atoms with Crippen molar-refractivity contribution in [2.75, 3.05) is 31.7 Å². The van der Waals surface area contributed by atoms with Gasteiger partial charge in [0, 0.05) is 18.2 Å². The van der Waals surface area contributed by atoms with Gasteiger partial charge in [-0.3, -0.25) is 4.99 Å². The summed E-state index contributed by atoms with van der Waals surface area (Å²) in [5.74, 6) is 1.58. The summed E-state index contributed by atoms with van der Waals surface area (Å²) in [5.41, 5.74) is 6.33. The lowest BCUT2D eigenvalue weighted by atomic mass is 10.3. The summed E-state index contributed by atoms with van der Waals surface area (Å²) in [5, 5.41) is 2.87. The first-order chi connectivity index (χ1) is 8.79. The number of alkyl halides is 1. The zero-order valence-corrected chi connectivity index (χ0v) is 9.99. The summed E-state index contributed by atoms with van der Waals surface area (Å²) in [4.78, 5) is 3.80. The van der Waals surface area contributed by atoms with Crippen LogP contribution in [0, 0.1) is 0 Å². The Morgan fingerprint density at radius 2 is 2.11 bits per heavy atom. The van der Waals surface area contributed by atoms with E-state index >= 15 is 0 Å². The minimum Gasteiger partial charge on any atom is -0.490 e. The molecular formula is C12H16FN3O2. The van der Waals surface area contributed by atoms with Gasteiger partial charge >= 0.3 is 0 Å². The van der Waals surface area contributed by atoms with Crippen molar-refractivity contribution in [2.45, 2.75) is 6.42 Å². The second-order valence-electron chi connectivity index (χ2n) is 3.79. The standard InChI is InChI=1S/C12H16FN3O2/c13-4-5-15-12(14)16-9-2-3-10-11(8-9)18-7-1-6-17-10/h2-3,8H,1,4-7H2,(H3,14,15,16). The van der Waals surface area contributed by atoms with Gasteiger partial charge in [-0.25, -0.2) is 4.39 Å². The maximum absolute atomic E-state index is 11.9. The minimum absolute atomic E-state index is 0.0589. The Morgan fingerprint density at radius 1 is 1.33 bits per heavy atom. The number of hydrogen-bond donors (Lipinski definition) is 2. The Labute approximate surface area is 105 Å². The van der Waals surface area contributed by atoms with Crippen LogP contribution in [-0.4, -0.2) is 32.4 Å². The topological polar surface area (TPSA) is 68.9 Å². The average Bonchev–Trinajstić information content (AvgIpc) is 2.61. The number of halogens is 1. The number of hydrogen-bond acceptors (Lipinski definition) is 3. The van der Waals surface area contributed by atoms with Gasteiger partial charge in [0.05, 0.1) is 19.8 Å². The number of nitrogens with two attached hydrogens (primary N) is 1. The van der Waals surface area contributed by atoms with Gasteiger partial charge in [0.15, 0.2) is 17.5 Å². The maximum atomic E-state index is 11.9. The molecule has 0 bridgehead atoms. The molecule has 1 aliphatic rings. The first kappa shape index (κ1) is 12.5. The van der Waals surface area contributed by atoms with Crippen LogP contribution in [0.2, 0.25) is 0 Å². The van der Waals surface area contributed by atoms with Crippen LogP contribution in [-0.2, 0) is 0 Å². The lowest BCUT2D eigenvalue weighted by molar-refractivity contribution is 0.297. The number of ether oxygens (including phenoxy) is 2. The van der Waals surface area contributed by atoms with Crippen LogP contribution in [0.5, 0.6) is 11.5 Å². The molecule has 1 aliphatic heterocycles. The van der Waals surface area contributed by atoms with E-state index in [4.69, 9.17) is 15.2 Å². The minimum atomic E-state index is -0.524. The molecule has 0 saturated heterocycles. The Kier molecular flexibility index (Phi) is 4.22. The molecule has 0 amide bonds. The van der Waals surface area contributed by atoms with Gasteiger partial charge in [-0.05, 0) is 12.1 Å². The van der Waals surface area contributed by atoms with Gasteiger partial charge in [0.2, 0.25) is 0 Å². The zero-order chi connectivity index (χ0) is 12.8. The first-order valence-electron chi connectivity index (χ1n) is 5.82. The molecule has 0 radical (unpaired) electrons. The van der Waals surface area contributed by atoms with Crippen molar-refractivity contribution in [1.29, 1.82) is 0 Å². The summed E-state index contributed by atoms with van der Waals surface area (Å²) in [7, 11) is 0. The van der Waals surface area contributed by atoms with Gasteiger partial charge in [0.25, 0.3) is 0 Å². The van der Waals surface area contributed by atoms with E-state index in [0.717, 1.165) is 17.9 Å². The van der Waals surface area contributed by atoms with Crippen molar-refractivity contribution in [1.82, 2.24) is 0 Å². The van der Waals surface area contributed by atoms with Crippen molar-refractivity contribution in [3.63, 3.8) is 0 Å². The fraction of sp³-hybridized carbons (Fsp3) is 0.417. The SMILES string of the molecule is NC(=NCCF)Nc1ccc2c(c1)OCCCO2. The second kappa shape index (κ2) is 6.09. The first-order valence-corrected chi connectivity index (χ1v) is 5.82. The van der Waals surface area contributed by atoms with E-state index in [-0.39, 0.29) is 12.5 Å². The molecule has 2 rings (SSSR count). The lowest BCUT2D eigenvalue weighted by Crippen LogP contribution is -2.23. The molecule has 3 N–H and O–H groups in total. The van der Waals surface area contributed by atoms with E-state index in [1.807, 2.05) is 12.1 Å². The number of anilines is 1. The van der Waals surface area contributed by atoms with E-state index < -0.39 is 6.67 Å². The number of guanidine groups is 1. The van der Waals surface area contributed by atoms with Gasteiger partial charge in [-0.15, -0.1) is 0 Å². The van der Waals surface area contributed by atoms with Crippen LogP contribution in [0.15, 0.2) is 23.2 Å². The van der Waals surface area contributed by atoms with Gasteiger partial charge in [-0.1, -0.05) is 0 Å². The highest BCUT2D eigenvalue weighted by atomic mass is 19.1. The lowest BCUT2D eigenvalue weighted by Gasteiger charge is -2.10. The summed E-state index contributed by atoms with van der Waals surface area (Å²) in [6, 6.07) is 5.41. The monoisotopic (exact) mass is 253 g/mol. The summed E-state index contributed by atoms with van der Waals surface area (Å²) in [6.07, 6.45) is 0.859. The molecule has 0 fully saturated rings. The fourth-order valence-corrected chi connectivity index (χ4v) is 1.59. The molecule has 6 heteroatoms. The summed E-state index contributed by atoms with van der Waals surface area (Å²) >= 11 is 0. The Bertz CT molecular complexity index is 437. The van der Waals surface area contributed by atoms with Crippen molar-refractivity contribution >= 4 is 11.6 Å². The van der Waals surface area contributed by atoms with Gasteiger partial charge in [-0.2, -0.15) is 0 Å². The number of aliphatic imine (C=N–C) groups is 1. The molecule has 1 heterocycles. The highest BCUT2D eigenvalue weighted by Crippen LogP contribution is 2.32. The van der Waals surface area contributed by atoms with Crippen LogP contribution in [0.1, 0.15) is 6.42 Å². The van der Waals surface area contributed by atoms with Crippen molar-refractivity contribution in [3.8, 4) is 11.5 Å². The van der Waals surface area contributed by atoms with Crippen LogP contribution < -0.4 is 20.5 Å². The van der Waals surface area contributed by atoms with E-state index in [1.165, 1.54) is 0 Å². The fourth-order valence-electron chi connectivity index (χ4n) is 1.59. The second-order valence-corrected chi connectivity index (χ2v) is 3.79. The quantitative estimate of drug-likeness (QED) is 0.633. The highest BCUT2D eigenvalue weighted by molar-refractivity contribution is 5.92. The Balaban J connectivity index is 2.08. The summed E-state index contributed by atoms with van der Waals surface area (Å²) in [6.45, 7) is 0.814. The molecule has 0 aromatic heterocycles. The molecular weight excluding hydrogens is 237 g/mol. The molecule has 98 valence electrons. The van der Waals surface area contributed by atoms with Crippen LogP contribution in [0.25, 0.3) is 0 Å². The number of rotatable bonds is 3. The molecule has 1 aromatic carbocycles. The molecule has 1 aromatic rings. The molecule has 0 atom stereocenters. The predicted octanol–water partition coefficient (Wildman–Crippen LogP) is 1.54. The van der Waals surface area contributed by atoms with E-state index in [0.29, 0.717) is 19.0 Å². The molecule has 0 aliphatic carbocycles. The zero-order valence-electron chi connectivity index (χ0n) is 9.99. The smallest absolute Gasteiger partial charge is 0.193 e. The van der Waals surface area contributed by atoms with E-state index in [9.17, 15) is 4.39 Å². The van der Waals surface area contributed by atoms with Crippen LogP contribution >= 0.6 is 0 Å². The number of nitrogens with one attached hydrogen (secondary N) is 1. The van der Waals surface area contributed by atoms with Crippen LogP contribution in [0.3, 0.4) is 0 Å². The average molecular weight is 253 g/mol. The third-order valence-electron chi connectivity index (χ3n) is 2.39. The normalized spacial score (nSPS) is 15.1.